The van der Waals surface area contributed by atoms with E-state index in [1.165, 1.54) is 13.3 Å². The maximum Gasteiger partial charge on any atom is 0.408 e. The minimum absolute atomic E-state index is 0.214. The van der Waals surface area contributed by atoms with Crippen LogP contribution in [0.1, 0.15) is 20.8 Å². The van der Waals surface area contributed by atoms with Crippen LogP contribution in [0.25, 0.3) is 0 Å². The average Bonchev–Trinajstić information content (AvgIpc) is 2.35. The number of amides is 2. The predicted molar refractivity (Wildman–Crippen MR) is 73.7 cm³/mol. The molecule has 1 aromatic rings. The summed E-state index contributed by atoms with van der Waals surface area (Å²) in [6.07, 6.45) is 0.875. The van der Waals surface area contributed by atoms with Crippen LogP contribution in [0.3, 0.4) is 0 Å². The predicted octanol–water partition coefficient (Wildman–Crippen LogP) is 1.55. The summed E-state index contributed by atoms with van der Waals surface area (Å²) in [6, 6.07) is 3.36. The Labute approximate surface area is 117 Å². The summed E-state index contributed by atoms with van der Waals surface area (Å²) in [7, 11) is 1.48. The van der Waals surface area contributed by atoms with Crippen molar-refractivity contribution in [3.8, 4) is 5.75 Å². The molecular weight excluding hydrogens is 262 g/mol. The van der Waals surface area contributed by atoms with Gasteiger partial charge in [-0.3, -0.25) is 4.79 Å². The van der Waals surface area contributed by atoms with Crippen molar-refractivity contribution in [2.24, 2.45) is 0 Å². The van der Waals surface area contributed by atoms with Crippen molar-refractivity contribution in [3.05, 3.63) is 18.3 Å². The molecular formula is C13H19N3O4. The molecule has 0 bridgehead atoms. The molecule has 0 aliphatic rings. The Morgan fingerprint density at radius 1 is 1.35 bits per heavy atom. The van der Waals surface area contributed by atoms with Crippen molar-refractivity contribution in [3.63, 3.8) is 0 Å². The van der Waals surface area contributed by atoms with Crippen LogP contribution >= 0.6 is 0 Å². The number of pyridine rings is 1. The van der Waals surface area contributed by atoms with Crippen LogP contribution in [-0.2, 0) is 9.53 Å². The zero-order valence-electron chi connectivity index (χ0n) is 12.0. The molecule has 0 radical (unpaired) electrons. The van der Waals surface area contributed by atoms with E-state index in [1.807, 2.05) is 0 Å². The van der Waals surface area contributed by atoms with Gasteiger partial charge in [-0.05, 0) is 32.9 Å². The molecule has 1 rings (SSSR count). The largest absolute Gasteiger partial charge is 0.493 e. The van der Waals surface area contributed by atoms with Crippen molar-refractivity contribution >= 4 is 17.8 Å². The van der Waals surface area contributed by atoms with Crippen LogP contribution in [0.2, 0.25) is 0 Å². The van der Waals surface area contributed by atoms with Crippen LogP contribution in [0.15, 0.2) is 18.3 Å². The van der Waals surface area contributed by atoms with E-state index in [0.717, 1.165) is 0 Å². The van der Waals surface area contributed by atoms with E-state index < -0.39 is 17.6 Å². The first-order valence-corrected chi connectivity index (χ1v) is 6.07. The lowest BCUT2D eigenvalue weighted by Gasteiger charge is -2.19. The number of carbonyl (C=O) groups is 2. The molecule has 0 fully saturated rings. The van der Waals surface area contributed by atoms with Gasteiger partial charge in [0.05, 0.1) is 7.11 Å². The fraction of sp³-hybridized carbons (Fsp3) is 0.462. The maximum absolute atomic E-state index is 11.7. The minimum Gasteiger partial charge on any atom is -0.493 e. The number of nitrogens with one attached hydrogen (secondary N) is 2. The molecule has 20 heavy (non-hydrogen) atoms. The molecule has 1 aromatic heterocycles. The molecule has 0 aliphatic carbocycles. The lowest BCUT2D eigenvalue weighted by atomic mass is 10.2. The van der Waals surface area contributed by atoms with Gasteiger partial charge in [0.1, 0.15) is 12.1 Å². The first kappa shape index (κ1) is 15.7. The highest BCUT2D eigenvalue weighted by Gasteiger charge is 2.17. The van der Waals surface area contributed by atoms with Gasteiger partial charge in [-0.1, -0.05) is 0 Å². The number of ether oxygens (including phenoxy) is 2. The third-order valence-corrected chi connectivity index (χ3v) is 2.04. The van der Waals surface area contributed by atoms with Crippen molar-refractivity contribution in [1.82, 2.24) is 10.3 Å². The molecule has 7 nitrogen and oxygen atoms in total. The van der Waals surface area contributed by atoms with Gasteiger partial charge in [-0.2, -0.15) is 0 Å². The van der Waals surface area contributed by atoms with Gasteiger partial charge in [0, 0.05) is 6.20 Å². The van der Waals surface area contributed by atoms with Crippen molar-refractivity contribution in [2.45, 2.75) is 26.4 Å². The van der Waals surface area contributed by atoms with E-state index in [1.54, 1.807) is 32.9 Å². The standard InChI is InChI=1S/C13H19N3O4/c1-13(2,3)20-12(18)15-8-10(17)16-11-9(19-4)6-5-7-14-11/h5-7H,8H2,1-4H3,(H,15,18)(H,14,16,17). The summed E-state index contributed by atoms with van der Waals surface area (Å²) in [4.78, 5) is 27.0. The van der Waals surface area contributed by atoms with Gasteiger partial charge in [-0.25, -0.2) is 9.78 Å². The van der Waals surface area contributed by atoms with Crippen LogP contribution in [0.5, 0.6) is 5.75 Å². The van der Waals surface area contributed by atoms with Gasteiger partial charge < -0.3 is 20.1 Å². The van der Waals surface area contributed by atoms with E-state index >= 15 is 0 Å². The Kier molecular flexibility index (Phi) is 5.31. The average molecular weight is 281 g/mol. The summed E-state index contributed by atoms with van der Waals surface area (Å²) in [5.41, 5.74) is -0.606. The molecule has 1 heterocycles. The lowest BCUT2D eigenvalue weighted by molar-refractivity contribution is -0.115. The number of hydrogen-bond donors (Lipinski definition) is 2. The second-order valence-corrected chi connectivity index (χ2v) is 4.96. The quantitative estimate of drug-likeness (QED) is 0.874. The SMILES string of the molecule is COc1cccnc1NC(=O)CNC(=O)OC(C)(C)C. The molecule has 0 aromatic carbocycles. The second-order valence-electron chi connectivity index (χ2n) is 4.96. The van der Waals surface area contributed by atoms with Crippen LogP contribution in [-0.4, -0.2) is 36.2 Å². The summed E-state index contributed by atoms with van der Waals surface area (Å²) >= 11 is 0. The zero-order chi connectivity index (χ0) is 15.2. The lowest BCUT2D eigenvalue weighted by Crippen LogP contribution is -2.37. The van der Waals surface area contributed by atoms with E-state index in [-0.39, 0.29) is 6.54 Å². The Bertz CT molecular complexity index is 483. The number of methoxy groups -OCH3 is 1. The Hall–Kier alpha value is -2.31. The molecule has 0 unspecified atom stereocenters. The highest BCUT2D eigenvalue weighted by atomic mass is 16.6. The monoisotopic (exact) mass is 281 g/mol. The number of anilines is 1. The third-order valence-electron chi connectivity index (χ3n) is 2.04. The highest BCUT2D eigenvalue weighted by molar-refractivity contribution is 5.94. The van der Waals surface area contributed by atoms with Crippen LogP contribution in [0, 0.1) is 0 Å². The van der Waals surface area contributed by atoms with Gasteiger partial charge in [0.25, 0.3) is 0 Å². The smallest absolute Gasteiger partial charge is 0.408 e. The van der Waals surface area contributed by atoms with Crippen molar-refractivity contribution in [1.29, 1.82) is 0 Å². The summed E-state index contributed by atoms with van der Waals surface area (Å²) < 4.78 is 10.1. The van der Waals surface area contributed by atoms with E-state index in [9.17, 15) is 9.59 Å². The molecule has 7 heteroatoms. The molecule has 110 valence electrons. The van der Waals surface area contributed by atoms with Gasteiger partial charge in [0.15, 0.2) is 11.6 Å². The second kappa shape index (κ2) is 6.74. The Morgan fingerprint density at radius 2 is 2.05 bits per heavy atom. The number of nitrogens with zero attached hydrogens (tertiary/aromatic N) is 1. The van der Waals surface area contributed by atoms with E-state index in [0.29, 0.717) is 11.6 Å². The van der Waals surface area contributed by atoms with Crippen LogP contribution in [0.4, 0.5) is 10.6 Å². The number of rotatable bonds is 4. The molecule has 2 amide bonds. The van der Waals surface area contributed by atoms with Gasteiger partial charge in [-0.15, -0.1) is 0 Å². The molecule has 0 saturated heterocycles. The zero-order valence-corrected chi connectivity index (χ0v) is 12.0. The van der Waals surface area contributed by atoms with Crippen molar-refractivity contribution < 1.29 is 19.1 Å². The fourth-order valence-corrected chi connectivity index (χ4v) is 1.29. The summed E-state index contributed by atoms with van der Waals surface area (Å²) in [6.45, 7) is 5.01. The molecule has 0 aliphatic heterocycles. The first-order chi connectivity index (χ1) is 9.31. The Morgan fingerprint density at radius 3 is 2.65 bits per heavy atom. The van der Waals surface area contributed by atoms with Crippen LogP contribution < -0.4 is 15.4 Å². The normalized spacial score (nSPS) is 10.6. The Balaban J connectivity index is 2.46. The van der Waals surface area contributed by atoms with Crippen molar-refractivity contribution in [2.75, 3.05) is 19.0 Å². The summed E-state index contributed by atoms with van der Waals surface area (Å²) in [5, 5.41) is 4.89. The number of aromatic nitrogens is 1. The topological polar surface area (TPSA) is 89.5 Å². The fourth-order valence-electron chi connectivity index (χ4n) is 1.29. The minimum atomic E-state index is -0.652. The first-order valence-electron chi connectivity index (χ1n) is 6.07. The maximum atomic E-state index is 11.7. The third kappa shape index (κ3) is 5.55. The molecule has 0 spiro atoms. The molecule has 0 saturated carbocycles. The number of carbonyl (C=O) groups excluding carboxylic acids is 2. The number of hydrogen-bond acceptors (Lipinski definition) is 5. The molecule has 0 atom stereocenters. The van der Waals surface area contributed by atoms with Gasteiger partial charge >= 0.3 is 6.09 Å². The highest BCUT2D eigenvalue weighted by Crippen LogP contribution is 2.19. The van der Waals surface area contributed by atoms with E-state index in [4.69, 9.17) is 9.47 Å². The molecule has 2 N–H and O–H groups in total. The summed E-state index contributed by atoms with van der Waals surface area (Å²) in [5.74, 6) is 0.317. The van der Waals surface area contributed by atoms with Gasteiger partial charge in [0.2, 0.25) is 5.91 Å². The number of alkyl carbamates (subject to hydrolysis) is 1. The van der Waals surface area contributed by atoms with E-state index in [2.05, 4.69) is 15.6 Å².